The second kappa shape index (κ2) is 7.52. The molecule has 0 bridgehead atoms. The topological polar surface area (TPSA) is 75.4 Å². The van der Waals surface area contributed by atoms with Gasteiger partial charge in [-0.1, -0.05) is 0 Å². The van der Waals surface area contributed by atoms with Gasteiger partial charge < -0.3 is 14.4 Å². The number of likely N-dealkylation sites (tertiary alicyclic amines) is 1. The lowest BCUT2D eigenvalue weighted by atomic mass is 10.1. The van der Waals surface area contributed by atoms with E-state index in [0.29, 0.717) is 24.5 Å². The van der Waals surface area contributed by atoms with Gasteiger partial charge in [0.25, 0.3) is 0 Å². The molecule has 0 spiro atoms. The highest BCUT2D eigenvalue weighted by Crippen LogP contribution is 2.21. The number of hydrogen-bond donors (Lipinski definition) is 0. The minimum atomic E-state index is -0.485. The van der Waals surface area contributed by atoms with Crippen molar-refractivity contribution in [1.29, 1.82) is 5.26 Å². The SMILES string of the molecule is Cc1cc(OC2CCCN(C(=O)OC(C)(C)C)CC2)cc(C#N)n1. The largest absolute Gasteiger partial charge is 0.490 e. The molecular weight excluding hydrogens is 306 g/mol. The Hall–Kier alpha value is -2.29. The summed E-state index contributed by atoms with van der Waals surface area (Å²) in [7, 11) is 0. The lowest BCUT2D eigenvalue weighted by Crippen LogP contribution is -2.37. The van der Waals surface area contributed by atoms with Crippen LogP contribution in [0.2, 0.25) is 0 Å². The summed E-state index contributed by atoms with van der Waals surface area (Å²) in [6.07, 6.45) is 2.21. The molecule has 6 nitrogen and oxygen atoms in total. The van der Waals surface area contributed by atoms with Crippen LogP contribution in [0.5, 0.6) is 5.75 Å². The number of rotatable bonds is 2. The number of amides is 1. The van der Waals surface area contributed by atoms with Crippen LogP contribution >= 0.6 is 0 Å². The van der Waals surface area contributed by atoms with Crippen LogP contribution in [0.1, 0.15) is 51.4 Å². The fourth-order valence-electron chi connectivity index (χ4n) is 2.65. The van der Waals surface area contributed by atoms with E-state index in [2.05, 4.69) is 4.98 Å². The van der Waals surface area contributed by atoms with Crippen LogP contribution in [0.4, 0.5) is 4.79 Å². The average molecular weight is 331 g/mol. The summed E-state index contributed by atoms with van der Waals surface area (Å²) in [6.45, 7) is 8.72. The monoisotopic (exact) mass is 331 g/mol. The summed E-state index contributed by atoms with van der Waals surface area (Å²) < 4.78 is 11.5. The van der Waals surface area contributed by atoms with E-state index >= 15 is 0 Å². The Morgan fingerprint density at radius 2 is 2.08 bits per heavy atom. The van der Waals surface area contributed by atoms with Crippen LogP contribution in [-0.4, -0.2) is 40.8 Å². The van der Waals surface area contributed by atoms with Crippen LogP contribution in [0.25, 0.3) is 0 Å². The molecule has 0 saturated carbocycles. The lowest BCUT2D eigenvalue weighted by molar-refractivity contribution is 0.0252. The van der Waals surface area contributed by atoms with Crippen LogP contribution in [0, 0.1) is 18.3 Å². The van der Waals surface area contributed by atoms with Gasteiger partial charge in [0.2, 0.25) is 0 Å². The van der Waals surface area contributed by atoms with E-state index in [0.717, 1.165) is 25.0 Å². The smallest absolute Gasteiger partial charge is 0.410 e. The molecule has 130 valence electrons. The molecule has 24 heavy (non-hydrogen) atoms. The highest BCUT2D eigenvalue weighted by Gasteiger charge is 2.25. The number of carbonyl (C=O) groups excluding carboxylic acids is 1. The Balaban J connectivity index is 1.95. The van der Waals surface area contributed by atoms with Crippen molar-refractivity contribution in [3.8, 4) is 11.8 Å². The average Bonchev–Trinajstić information content (AvgIpc) is 2.70. The maximum absolute atomic E-state index is 12.2. The van der Waals surface area contributed by atoms with Crippen molar-refractivity contribution in [2.24, 2.45) is 0 Å². The maximum Gasteiger partial charge on any atom is 0.410 e. The Kier molecular flexibility index (Phi) is 5.66. The molecule has 2 rings (SSSR count). The van der Waals surface area contributed by atoms with Crippen molar-refractivity contribution in [3.05, 3.63) is 23.5 Å². The molecule has 0 N–H and O–H groups in total. The summed E-state index contributed by atoms with van der Waals surface area (Å²) in [5.74, 6) is 0.662. The summed E-state index contributed by atoms with van der Waals surface area (Å²) in [4.78, 5) is 18.0. The highest BCUT2D eigenvalue weighted by molar-refractivity contribution is 5.68. The van der Waals surface area contributed by atoms with Gasteiger partial charge in [-0.15, -0.1) is 0 Å². The van der Waals surface area contributed by atoms with E-state index in [1.165, 1.54) is 0 Å². The molecule has 1 saturated heterocycles. The number of pyridine rings is 1. The number of carbonyl (C=O) groups is 1. The lowest BCUT2D eigenvalue weighted by Gasteiger charge is -2.26. The predicted molar refractivity (Wildman–Crippen MR) is 89.8 cm³/mol. The van der Waals surface area contributed by atoms with E-state index in [1.54, 1.807) is 11.0 Å². The van der Waals surface area contributed by atoms with E-state index in [-0.39, 0.29) is 12.2 Å². The molecule has 1 unspecified atom stereocenters. The van der Waals surface area contributed by atoms with Gasteiger partial charge in [-0.2, -0.15) is 5.26 Å². The van der Waals surface area contributed by atoms with Gasteiger partial charge in [0.15, 0.2) is 0 Å². The molecule has 1 atom stereocenters. The molecule has 1 aromatic rings. The second-order valence-electron chi connectivity index (χ2n) is 7.08. The zero-order valence-corrected chi connectivity index (χ0v) is 14.8. The van der Waals surface area contributed by atoms with Crippen molar-refractivity contribution in [2.45, 2.75) is 58.7 Å². The Labute approximate surface area is 143 Å². The van der Waals surface area contributed by atoms with Crippen molar-refractivity contribution < 1.29 is 14.3 Å². The first-order chi connectivity index (χ1) is 11.3. The third kappa shape index (κ3) is 5.41. The van der Waals surface area contributed by atoms with Gasteiger partial charge in [-0.3, -0.25) is 0 Å². The zero-order valence-electron chi connectivity index (χ0n) is 14.8. The molecule has 6 heteroatoms. The molecule has 1 aromatic heterocycles. The normalized spacial score (nSPS) is 18.5. The van der Waals surface area contributed by atoms with Gasteiger partial charge in [0.1, 0.15) is 29.2 Å². The summed E-state index contributed by atoms with van der Waals surface area (Å²) in [5, 5.41) is 9.00. The second-order valence-corrected chi connectivity index (χ2v) is 7.08. The quantitative estimate of drug-likeness (QED) is 0.830. The van der Waals surface area contributed by atoms with Crippen LogP contribution < -0.4 is 4.74 Å². The van der Waals surface area contributed by atoms with Crippen LogP contribution in [-0.2, 0) is 4.74 Å². The van der Waals surface area contributed by atoms with Crippen molar-refractivity contribution in [3.63, 3.8) is 0 Å². The minimum absolute atomic E-state index is 0.0192. The van der Waals surface area contributed by atoms with E-state index in [4.69, 9.17) is 14.7 Å². The molecule has 0 aromatic carbocycles. The molecule has 1 aliphatic rings. The van der Waals surface area contributed by atoms with Crippen molar-refractivity contribution in [2.75, 3.05) is 13.1 Å². The van der Waals surface area contributed by atoms with Gasteiger partial charge in [0, 0.05) is 37.3 Å². The Bertz CT molecular complexity index is 631. The third-order valence-electron chi connectivity index (χ3n) is 3.67. The number of nitrogens with zero attached hydrogens (tertiary/aromatic N) is 3. The number of ether oxygens (including phenoxy) is 2. The zero-order chi connectivity index (χ0) is 17.7. The Morgan fingerprint density at radius 1 is 1.33 bits per heavy atom. The van der Waals surface area contributed by atoms with Gasteiger partial charge in [-0.05, 0) is 40.5 Å². The van der Waals surface area contributed by atoms with E-state index in [1.807, 2.05) is 39.8 Å². The summed E-state index contributed by atoms with van der Waals surface area (Å²) in [5.41, 5.74) is 0.628. The van der Waals surface area contributed by atoms with E-state index in [9.17, 15) is 4.79 Å². The molecule has 1 fully saturated rings. The molecule has 2 heterocycles. The van der Waals surface area contributed by atoms with Gasteiger partial charge in [-0.25, -0.2) is 9.78 Å². The van der Waals surface area contributed by atoms with Gasteiger partial charge >= 0.3 is 6.09 Å². The molecule has 1 amide bonds. The fraction of sp³-hybridized carbons (Fsp3) is 0.611. The number of hydrogen-bond acceptors (Lipinski definition) is 5. The van der Waals surface area contributed by atoms with Crippen molar-refractivity contribution in [1.82, 2.24) is 9.88 Å². The summed E-state index contributed by atoms with van der Waals surface area (Å²) >= 11 is 0. The maximum atomic E-state index is 12.2. The first kappa shape index (κ1) is 18.1. The third-order valence-corrected chi connectivity index (χ3v) is 3.67. The first-order valence-corrected chi connectivity index (χ1v) is 8.30. The minimum Gasteiger partial charge on any atom is -0.490 e. The number of aromatic nitrogens is 1. The molecule has 0 radical (unpaired) electrons. The fourth-order valence-corrected chi connectivity index (χ4v) is 2.65. The van der Waals surface area contributed by atoms with Crippen molar-refractivity contribution >= 4 is 6.09 Å². The summed E-state index contributed by atoms with van der Waals surface area (Å²) in [6, 6.07) is 5.53. The molecular formula is C18H25N3O3. The molecule has 1 aliphatic heterocycles. The number of nitriles is 1. The molecule has 0 aliphatic carbocycles. The van der Waals surface area contributed by atoms with E-state index < -0.39 is 5.60 Å². The highest BCUT2D eigenvalue weighted by atomic mass is 16.6. The van der Waals surface area contributed by atoms with Gasteiger partial charge in [0.05, 0.1) is 0 Å². The number of aryl methyl sites for hydroxylation is 1. The van der Waals surface area contributed by atoms with Crippen LogP contribution in [0.3, 0.4) is 0 Å². The predicted octanol–water partition coefficient (Wildman–Crippen LogP) is 3.43. The first-order valence-electron chi connectivity index (χ1n) is 8.30. The van der Waals surface area contributed by atoms with Crippen LogP contribution in [0.15, 0.2) is 12.1 Å². The Morgan fingerprint density at radius 3 is 2.75 bits per heavy atom. The standard InChI is InChI=1S/C18H25N3O3/c1-13-10-16(11-14(12-19)20-13)23-15-6-5-8-21(9-7-15)17(22)24-18(2,3)4/h10-11,15H,5-9H2,1-4H3.